The number of methoxy groups -OCH3 is 1. The minimum absolute atomic E-state index is 0.406. The molecule has 0 amide bonds. The molecule has 1 atom stereocenters. The van der Waals surface area contributed by atoms with Crippen LogP contribution in [0.1, 0.15) is 17.0 Å². The van der Waals surface area contributed by atoms with Gasteiger partial charge in [0.05, 0.1) is 29.2 Å². The molecule has 0 saturated heterocycles. The maximum atomic E-state index is 12.6. The maximum Gasteiger partial charge on any atom is 0.416 e. The maximum absolute atomic E-state index is 12.6. The Morgan fingerprint density at radius 2 is 2.10 bits per heavy atom. The van der Waals surface area contributed by atoms with Crippen molar-refractivity contribution in [2.24, 2.45) is 0 Å². The van der Waals surface area contributed by atoms with Crippen molar-refractivity contribution >= 4 is 11.7 Å². The van der Waals surface area contributed by atoms with E-state index in [4.69, 9.17) is 5.26 Å². The molecule has 0 fully saturated rings. The summed E-state index contributed by atoms with van der Waals surface area (Å²) in [4.78, 5) is 21.1. The Morgan fingerprint density at radius 3 is 2.50 bits per heavy atom. The second-order valence-electron chi connectivity index (χ2n) is 3.61. The number of nitro benzene ring substituents is 1. The largest absolute Gasteiger partial charge is 0.468 e. The molecule has 0 radical (unpaired) electrons. The molecule has 20 heavy (non-hydrogen) atoms. The molecule has 0 bridgehead atoms. The quantitative estimate of drug-likeness (QED) is 0.483. The Kier molecular flexibility index (Phi) is 4.29. The fraction of sp³-hybridized carbons (Fsp3) is 0.273. The number of hydrogen-bond acceptors (Lipinski definition) is 5. The highest BCUT2D eigenvalue weighted by atomic mass is 19.4. The standard InChI is InChI=1S/C11H7F3N2O4/c1-20-10(17)8(5-15)7-4-6(11(12,13)14)2-3-9(7)16(18)19/h2-4,8H,1H3. The van der Waals surface area contributed by atoms with E-state index in [2.05, 4.69) is 4.74 Å². The van der Waals surface area contributed by atoms with E-state index in [9.17, 15) is 28.1 Å². The third-order valence-corrected chi connectivity index (χ3v) is 2.43. The van der Waals surface area contributed by atoms with Crippen LogP contribution in [0.5, 0.6) is 0 Å². The van der Waals surface area contributed by atoms with E-state index in [1.807, 2.05) is 0 Å². The summed E-state index contributed by atoms with van der Waals surface area (Å²) in [6.07, 6.45) is -4.75. The van der Waals surface area contributed by atoms with Gasteiger partial charge in [0.1, 0.15) is 0 Å². The van der Waals surface area contributed by atoms with Crippen LogP contribution in [0.25, 0.3) is 0 Å². The van der Waals surface area contributed by atoms with E-state index in [1.54, 1.807) is 0 Å². The van der Waals surface area contributed by atoms with Crippen LogP contribution < -0.4 is 0 Å². The molecule has 1 unspecified atom stereocenters. The van der Waals surface area contributed by atoms with Gasteiger partial charge in [0.2, 0.25) is 0 Å². The van der Waals surface area contributed by atoms with Gasteiger partial charge >= 0.3 is 12.1 Å². The SMILES string of the molecule is COC(=O)C(C#N)c1cc(C(F)(F)F)ccc1[N+](=O)[O-]. The number of nitriles is 1. The Bertz CT molecular complexity index is 592. The molecule has 1 aromatic carbocycles. The fourth-order valence-corrected chi connectivity index (χ4v) is 1.50. The van der Waals surface area contributed by atoms with Crippen LogP contribution in [0.15, 0.2) is 18.2 Å². The molecule has 0 saturated carbocycles. The van der Waals surface area contributed by atoms with Crippen LogP contribution in [0.4, 0.5) is 18.9 Å². The van der Waals surface area contributed by atoms with Crippen LogP contribution >= 0.6 is 0 Å². The third-order valence-electron chi connectivity index (χ3n) is 2.43. The second-order valence-corrected chi connectivity index (χ2v) is 3.61. The van der Waals surface area contributed by atoms with Crippen molar-refractivity contribution in [2.45, 2.75) is 12.1 Å². The predicted octanol–water partition coefficient (Wildman–Crippen LogP) is 2.39. The normalized spacial score (nSPS) is 12.3. The van der Waals surface area contributed by atoms with E-state index in [0.29, 0.717) is 18.2 Å². The molecule has 1 rings (SSSR count). The number of hydrogen-bond donors (Lipinski definition) is 0. The Balaban J connectivity index is 3.51. The first-order valence-electron chi connectivity index (χ1n) is 5.05. The number of alkyl halides is 3. The Labute approximate surface area is 110 Å². The molecule has 0 spiro atoms. The Morgan fingerprint density at radius 1 is 1.50 bits per heavy atom. The van der Waals surface area contributed by atoms with Gasteiger partial charge in [0, 0.05) is 6.07 Å². The van der Waals surface area contributed by atoms with Gasteiger partial charge in [-0.15, -0.1) is 0 Å². The molecule has 0 aliphatic rings. The van der Waals surface area contributed by atoms with E-state index in [0.717, 1.165) is 7.11 Å². The first-order chi connectivity index (χ1) is 9.22. The first-order valence-corrected chi connectivity index (χ1v) is 5.05. The van der Waals surface area contributed by atoms with Crippen molar-refractivity contribution in [1.29, 1.82) is 5.26 Å². The number of nitrogens with zero attached hydrogens (tertiary/aromatic N) is 2. The number of esters is 1. The summed E-state index contributed by atoms with van der Waals surface area (Å²) < 4.78 is 42.0. The zero-order chi connectivity index (χ0) is 15.5. The predicted molar refractivity (Wildman–Crippen MR) is 58.5 cm³/mol. The molecule has 1 aromatic rings. The van der Waals surface area contributed by atoms with Crippen molar-refractivity contribution in [3.05, 3.63) is 39.4 Å². The number of rotatable bonds is 3. The third kappa shape index (κ3) is 3.03. The van der Waals surface area contributed by atoms with Crippen molar-refractivity contribution in [3.8, 4) is 6.07 Å². The van der Waals surface area contributed by atoms with Crippen molar-refractivity contribution in [2.75, 3.05) is 7.11 Å². The molecule has 0 heterocycles. The smallest absolute Gasteiger partial charge is 0.416 e. The van der Waals surface area contributed by atoms with Gasteiger partial charge in [-0.3, -0.25) is 14.9 Å². The van der Waals surface area contributed by atoms with E-state index in [1.165, 1.54) is 6.07 Å². The number of benzene rings is 1. The van der Waals surface area contributed by atoms with E-state index in [-0.39, 0.29) is 0 Å². The van der Waals surface area contributed by atoms with Crippen LogP contribution in [0.2, 0.25) is 0 Å². The number of carbonyl (C=O) groups is 1. The average molecular weight is 288 g/mol. The van der Waals surface area contributed by atoms with Crippen LogP contribution in [-0.2, 0) is 15.7 Å². The highest BCUT2D eigenvalue weighted by molar-refractivity contribution is 5.82. The number of halogens is 3. The summed E-state index contributed by atoms with van der Waals surface area (Å²) in [5, 5.41) is 19.6. The zero-order valence-electron chi connectivity index (χ0n) is 9.97. The lowest BCUT2D eigenvalue weighted by Crippen LogP contribution is -2.15. The molecular formula is C11H7F3N2O4. The van der Waals surface area contributed by atoms with Gasteiger partial charge in [-0.1, -0.05) is 0 Å². The lowest BCUT2D eigenvalue weighted by Gasteiger charge is -2.11. The Hall–Kier alpha value is -2.63. The number of ether oxygens (including phenoxy) is 1. The van der Waals surface area contributed by atoms with Gasteiger partial charge in [0.25, 0.3) is 5.69 Å². The monoisotopic (exact) mass is 288 g/mol. The summed E-state index contributed by atoms with van der Waals surface area (Å²) in [6.45, 7) is 0. The molecule has 0 N–H and O–H groups in total. The highest BCUT2D eigenvalue weighted by Crippen LogP contribution is 2.35. The summed E-state index contributed by atoms with van der Waals surface area (Å²) >= 11 is 0. The minimum Gasteiger partial charge on any atom is -0.468 e. The van der Waals surface area contributed by atoms with Gasteiger partial charge < -0.3 is 4.74 Å². The molecule has 0 aliphatic heterocycles. The average Bonchev–Trinajstić information content (AvgIpc) is 2.37. The van der Waals surface area contributed by atoms with Crippen LogP contribution in [0, 0.1) is 21.4 Å². The molecule has 0 aromatic heterocycles. The molecule has 0 aliphatic carbocycles. The summed E-state index contributed by atoms with van der Waals surface area (Å²) in [5.74, 6) is -2.97. The van der Waals surface area contributed by atoms with E-state index < -0.39 is 39.8 Å². The van der Waals surface area contributed by atoms with Crippen molar-refractivity contribution < 1.29 is 27.6 Å². The lowest BCUT2D eigenvalue weighted by atomic mass is 9.96. The van der Waals surface area contributed by atoms with Gasteiger partial charge in [0.15, 0.2) is 5.92 Å². The molecule has 6 nitrogen and oxygen atoms in total. The summed E-state index contributed by atoms with van der Waals surface area (Å²) in [7, 11) is 0.923. The van der Waals surface area contributed by atoms with E-state index >= 15 is 0 Å². The summed E-state index contributed by atoms with van der Waals surface area (Å²) in [5.41, 5.74) is -2.60. The fourth-order valence-electron chi connectivity index (χ4n) is 1.50. The van der Waals surface area contributed by atoms with Gasteiger partial charge in [-0.25, -0.2) is 0 Å². The number of nitro groups is 1. The molecule has 9 heteroatoms. The zero-order valence-corrected chi connectivity index (χ0v) is 9.97. The van der Waals surface area contributed by atoms with Crippen LogP contribution in [0.3, 0.4) is 0 Å². The summed E-state index contributed by atoms with van der Waals surface area (Å²) in [6, 6.07) is 2.91. The lowest BCUT2D eigenvalue weighted by molar-refractivity contribution is -0.385. The highest BCUT2D eigenvalue weighted by Gasteiger charge is 2.35. The van der Waals surface area contributed by atoms with Gasteiger partial charge in [-0.05, 0) is 12.1 Å². The number of carbonyl (C=O) groups excluding carboxylic acids is 1. The van der Waals surface area contributed by atoms with Crippen molar-refractivity contribution in [3.63, 3.8) is 0 Å². The topological polar surface area (TPSA) is 93.2 Å². The van der Waals surface area contributed by atoms with Crippen LogP contribution in [-0.4, -0.2) is 18.0 Å². The first kappa shape index (κ1) is 15.4. The minimum atomic E-state index is -4.75. The molecular weight excluding hydrogens is 281 g/mol. The van der Waals surface area contributed by atoms with Gasteiger partial charge in [-0.2, -0.15) is 18.4 Å². The second kappa shape index (κ2) is 5.56. The molecule has 106 valence electrons. The van der Waals surface area contributed by atoms with Crippen molar-refractivity contribution in [1.82, 2.24) is 0 Å².